The fourth-order valence-corrected chi connectivity index (χ4v) is 4.08. The van der Waals surface area contributed by atoms with Crippen molar-refractivity contribution in [3.63, 3.8) is 0 Å². The van der Waals surface area contributed by atoms with Crippen LogP contribution in [-0.2, 0) is 10.0 Å². The van der Waals surface area contributed by atoms with Gasteiger partial charge in [0.05, 0.1) is 4.90 Å². The van der Waals surface area contributed by atoms with Gasteiger partial charge in [-0.05, 0) is 62.9 Å². The molecule has 0 spiro atoms. The zero-order valence-electron chi connectivity index (χ0n) is 13.5. The number of carbonyl (C=O) groups excluding carboxylic acids is 1. The highest BCUT2D eigenvalue weighted by Crippen LogP contribution is 2.22. The highest BCUT2D eigenvalue weighted by molar-refractivity contribution is 7.89. The Balaban J connectivity index is 0.00000208. The molecule has 6 nitrogen and oxygen atoms in total. The van der Waals surface area contributed by atoms with Crippen molar-refractivity contribution in [1.29, 1.82) is 0 Å². The molecule has 134 valence electrons. The van der Waals surface area contributed by atoms with E-state index in [0.717, 1.165) is 38.8 Å². The second-order valence-corrected chi connectivity index (χ2v) is 8.06. The van der Waals surface area contributed by atoms with Crippen LogP contribution in [0.5, 0.6) is 0 Å². The van der Waals surface area contributed by atoms with Crippen molar-refractivity contribution >= 4 is 28.3 Å². The highest BCUT2D eigenvalue weighted by atomic mass is 35.5. The second-order valence-electron chi connectivity index (χ2n) is 6.35. The minimum atomic E-state index is -3.53. The topological polar surface area (TPSA) is 87.3 Å². The lowest BCUT2D eigenvalue weighted by Gasteiger charge is -2.22. The number of amides is 1. The maximum atomic E-state index is 12.3. The Hall–Kier alpha value is -1.15. The molecule has 1 aliphatic carbocycles. The maximum Gasteiger partial charge on any atom is 0.251 e. The van der Waals surface area contributed by atoms with Crippen LogP contribution in [0.1, 0.15) is 36.0 Å². The van der Waals surface area contributed by atoms with Gasteiger partial charge in [0.1, 0.15) is 0 Å². The van der Waals surface area contributed by atoms with Gasteiger partial charge in [-0.15, -0.1) is 12.4 Å². The van der Waals surface area contributed by atoms with Gasteiger partial charge in [0.25, 0.3) is 5.91 Å². The van der Waals surface area contributed by atoms with Gasteiger partial charge in [-0.1, -0.05) is 6.07 Å². The smallest absolute Gasteiger partial charge is 0.251 e. The molecule has 1 saturated carbocycles. The molecule has 0 radical (unpaired) electrons. The van der Waals surface area contributed by atoms with Crippen LogP contribution >= 0.6 is 12.4 Å². The van der Waals surface area contributed by atoms with Crippen molar-refractivity contribution in [2.75, 3.05) is 19.6 Å². The number of piperidine rings is 1. The molecule has 3 rings (SSSR count). The average molecular weight is 374 g/mol. The zero-order valence-corrected chi connectivity index (χ0v) is 15.1. The predicted octanol–water partition coefficient (Wildman–Crippen LogP) is 1.28. The Bertz CT molecular complexity index is 671. The summed E-state index contributed by atoms with van der Waals surface area (Å²) in [5, 5.41) is 6.22. The molecule has 1 amide bonds. The van der Waals surface area contributed by atoms with Crippen LogP contribution in [0.2, 0.25) is 0 Å². The molecule has 0 aromatic heterocycles. The number of hydrogen-bond donors (Lipinski definition) is 3. The maximum absolute atomic E-state index is 12.3. The monoisotopic (exact) mass is 373 g/mol. The second kappa shape index (κ2) is 8.29. The lowest BCUT2D eigenvalue weighted by atomic mass is 10.00. The number of benzene rings is 1. The van der Waals surface area contributed by atoms with Gasteiger partial charge >= 0.3 is 0 Å². The van der Waals surface area contributed by atoms with Crippen LogP contribution in [-0.4, -0.2) is 40.0 Å². The van der Waals surface area contributed by atoms with Crippen molar-refractivity contribution in [2.45, 2.75) is 36.6 Å². The molecule has 1 heterocycles. The third-order valence-electron chi connectivity index (χ3n) is 4.26. The van der Waals surface area contributed by atoms with Gasteiger partial charge in [0, 0.05) is 18.2 Å². The summed E-state index contributed by atoms with van der Waals surface area (Å²) in [5.41, 5.74) is 0.382. The number of halogens is 1. The van der Waals surface area contributed by atoms with E-state index in [-0.39, 0.29) is 29.3 Å². The summed E-state index contributed by atoms with van der Waals surface area (Å²) in [6.07, 6.45) is 4.00. The molecule has 1 unspecified atom stereocenters. The van der Waals surface area contributed by atoms with Crippen LogP contribution in [0, 0.1) is 5.92 Å². The molecular formula is C16H24ClN3O3S. The van der Waals surface area contributed by atoms with Crippen molar-refractivity contribution in [1.82, 2.24) is 15.4 Å². The van der Waals surface area contributed by atoms with E-state index in [4.69, 9.17) is 0 Å². The van der Waals surface area contributed by atoms with E-state index in [9.17, 15) is 13.2 Å². The third-order valence-corrected chi connectivity index (χ3v) is 5.77. The molecule has 2 aliphatic rings. The van der Waals surface area contributed by atoms with E-state index >= 15 is 0 Å². The lowest BCUT2D eigenvalue weighted by molar-refractivity contribution is 0.0944. The van der Waals surface area contributed by atoms with E-state index in [1.165, 1.54) is 12.1 Å². The number of rotatable bonds is 6. The van der Waals surface area contributed by atoms with E-state index < -0.39 is 10.0 Å². The number of sulfonamides is 1. The van der Waals surface area contributed by atoms with Crippen LogP contribution in [0.15, 0.2) is 29.2 Å². The zero-order chi connectivity index (χ0) is 16.3. The van der Waals surface area contributed by atoms with Gasteiger partial charge in [0.2, 0.25) is 10.0 Å². The first-order valence-corrected chi connectivity index (χ1v) is 9.64. The van der Waals surface area contributed by atoms with Crippen molar-refractivity contribution in [3.8, 4) is 0 Å². The Morgan fingerprint density at radius 2 is 2.04 bits per heavy atom. The van der Waals surface area contributed by atoms with Gasteiger partial charge in [-0.3, -0.25) is 4.79 Å². The SMILES string of the molecule is Cl.O=C(NCC1CCCNC1)c1cccc(S(=O)(=O)NC2CC2)c1. The Kier molecular flexibility index (Phi) is 6.62. The number of nitrogens with one attached hydrogen (secondary N) is 3. The molecule has 8 heteroatoms. The molecule has 1 atom stereocenters. The first-order valence-electron chi connectivity index (χ1n) is 8.16. The largest absolute Gasteiger partial charge is 0.352 e. The quantitative estimate of drug-likeness (QED) is 0.701. The minimum absolute atomic E-state index is 0. The molecule has 1 aromatic rings. The molecule has 1 aromatic carbocycles. The van der Waals surface area contributed by atoms with E-state index in [0.29, 0.717) is 18.0 Å². The van der Waals surface area contributed by atoms with Crippen molar-refractivity contribution in [2.24, 2.45) is 5.92 Å². The summed E-state index contributed by atoms with van der Waals surface area (Å²) in [6.45, 7) is 2.57. The predicted molar refractivity (Wildman–Crippen MR) is 95.0 cm³/mol. The third kappa shape index (κ3) is 5.17. The molecule has 3 N–H and O–H groups in total. The number of hydrogen-bond acceptors (Lipinski definition) is 4. The lowest BCUT2D eigenvalue weighted by Crippen LogP contribution is -2.38. The standard InChI is InChI=1S/C16H23N3O3S.ClH/c20-16(18-11-12-3-2-8-17-10-12)13-4-1-5-15(9-13)23(21,22)19-14-6-7-14;/h1,4-5,9,12,14,17,19H,2-3,6-8,10-11H2,(H,18,20);1H. The van der Waals surface area contributed by atoms with Gasteiger partial charge in [-0.25, -0.2) is 13.1 Å². The number of carbonyl (C=O) groups is 1. The van der Waals surface area contributed by atoms with Crippen LogP contribution in [0.25, 0.3) is 0 Å². The van der Waals surface area contributed by atoms with E-state index in [1.807, 2.05) is 0 Å². The Morgan fingerprint density at radius 1 is 1.25 bits per heavy atom. The fourth-order valence-electron chi connectivity index (χ4n) is 2.73. The first-order chi connectivity index (χ1) is 11.0. The summed E-state index contributed by atoms with van der Waals surface area (Å²) in [6, 6.07) is 6.27. The first kappa shape index (κ1) is 19.2. The van der Waals surface area contributed by atoms with Gasteiger partial charge in [0.15, 0.2) is 0 Å². The summed E-state index contributed by atoms with van der Waals surface area (Å²) < 4.78 is 27.1. The van der Waals surface area contributed by atoms with Crippen LogP contribution < -0.4 is 15.4 Å². The highest BCUT2D eigenvalue weighted by Gasteiger charge is 2.28. The van der Waals surface area contributed by atoms with Gasteiger partial charge < -0.3 is 10.6 Å². The molecule has 2 fully saturated rings. The average Bonchev–Trinajstić information content (AvgIpc) is 3.37. The Labute approximate surface area is 149 Å². The summed E-state index contributed by atoms with van der Waals surface area (Å²) in [4.78, 5) is 12.4. The van der Waals surface area contributed by atoms with Crippen LogP contribution in [0.4, 0.5) is 0 Å². The molecular weight excluding hydrogens is 350 g/mol. The van der Waals surface area contributed by atoms with Crippen LogP contribution in [0.3, 0.4) is 0 Å². The fraction of sp³-hybridized carbons (Fsp3) is 0.562. The summed E-state index contributed by atoms with van der Waals surface area (Å²) in [5.74, 6) is 0.218. The van der Waals surface area contributed by atoms with E-state index in [1.54, 1.807) is 12.1 Å². The molecule has 1 saturated heterocycles. The normalized spacial score (nSPS) is 20.9. The molecule has 1 aliphatic heterocycles. The van der Waals surface area contributed by atoms with Gasteiger partial charge in [-0.2, -0.15) is 0 Å². The van der Waals surface area contributed by atoms with Crippen molar-refractivity contribution in [3.05, 3.63) is 29.8 Å². The summed E-state index contributed by atoms with van der Waals surface area (Å²) in [7, 11) is -3.53. The summed E-state index contributed by atoms with van der Waals surface area (Å²) >= 11 is 0. The molecule has 0 bridgehead atoms. The van der Waals surface area contributed by atoms with Crippen molar-refractivity contribution < 1.29 is 13.2 Å². The van der Waals surface area contributed by atoms with E-state index in [2.05, 4.69) is 15.4 Å². The Morgan fingerprint density at radius 3 is 2.71 bits per heavy atom. The molecule has 24 heavy (non-hydrogen) atoms. The minimum Gasteiger partial charge on any atom is -0.352 e.